The molecule has 0 spiro atoms. The van der Waals surface area contributed by atoms with Gasteiger partial charge in [0.15, 0.2) is 5.11 Å². The molecule has 1 aromatic carbocycles. The Balaban J connectivity index is 1.77. The van der Waals surface area contributed by atoms with Crippen molar-refractivity contribution in [2.75, 3.05) is 0 Å². The van der Waals surface area contributed by atoms with E-state index in [0.717, 1.165) is 11.3 Å². The molecule has 0 saturated heterocycles. The first kappa shape index (κ1) is 13.6. The fourth-order valence-corrected chi connectivity index (χ4v) is 1.70. The Labute approximate surface area is 121 Å². The van der Waals surface area contributed by atoms with Gasteiger partial charge in [0.1, 0.15) is 5.76 Å². The van der Waals surface area contributed by atoms with Crippen LogP contribution < -0.4 is 10.7 Å². The standard InChI is InChI=1S/C13H12ClN3OS/c14-11-4-1-3-10(7-11)8-16-17-13(19)15-9-12-5-2-6-18-12/h1-8H,9H2,(H2,15,17,19)/b16-8+. The lowest BCUT2D eigenvalue weighted by Gasteiger charge is -2.04. The van der Waals surface area contributed by atoms with Crippen molar-refractivity contribution in [3.63, 3.8) is 0 Å². The minimum Gasteiger partial charge on any atom is -0.467 e. The summed E-state index contributed by atoms with van der Waals surface area (Å²) in [6.07, 6.45) is 3.26. The normalized spacial score (nSPS) is 10.6. The Morgan fingerprint density at radius 3 is 3.00 bits per heavy atom. The topological polar surface area (TPSA) is 49.6 Å². The lowest BCUT2D eigenvalue weighted by Crippen LogP contribution is -2.31. The van der Waals surface area contributed by atoms with E-state index in [2.05, 4.69) is 15.8 Å². The molecular formula is C13H12ClN3OS. The van der Waals surface area contributed by atoms with E-state index in [4.69, 9.17) is 28.2 Å². The third kappa shape index (κ3) is 4.73. The summed E-state index contributed by atoms with van der Waals surface area (Å²) in [4.78, 5) is 0. The molecular weight excluding hydrogens is 282 g/mol. The predicted octanol–water partition coefficient (Wildman–Crippen LogP) is 2.93. The van der Waals surface area contributed by atoms with Crippen LogP contribution in [0.3, 0.4) is 0 Å². The molecule has 0 fully saturated rings. The molecule has 0 aliphatic rings. The zero-order chi connectivity index (χ0) is 13.5. The molecule has 0 amide bonds. The van der Waals surface area contributed by atoms with Gasteiger partial charge in [0, 0.05) is 5.02 Å². The van der Waals surface area contributed by atoms with Gasteiger partial charge in [0.25, 0.3) is 0 Å². The van der Waals surface area contributed by atoms with Crippen molar-refractivity contribution in [3.8, 4) is 0 Å². The molecule has 1 aromatic heterocycles. The van der Waals surface area contributed by atoms with Gasteiger partial charge in [0.2, 0.25) is 0 Å². The van der Waals surface area contributed by atoms with Gasteiger partial charge in [-0.05, 0) is 42.0 Å². The van der Waals surface area contributed by atoms with E-state index in [1.807, 2.05) is 36.4 Å². The number of halogens is 1. The van der Waals surface area contributed by atoms with Gasteiger partial charge in [-0.3, -0.25) is 5.43 Å². The number of benzene rings is 1. The van der Waals surface area contributed by atoms with Crippen LogP contribution in [0.15, 0.2) is 52.2 Å². The van der Waals surface area contributed by atoms with Crippen LogP contribution in [-0.4, -0.2) is 11.3 Å². The lowest BCUT2D eigenvalue weighted by atomic mass is 10.2. The first-order valence-corrected chi connectivity index (χ1v) is 6.37. The Hall–Kier alpha value is -1.85. The minimum absolute atomic E-state index is 0.426. The summed E-state index contributed by atoms with van der Waals surface area (Å²) >= 11 is 10.9. The van der Waals surface area contributed by atoms with Gasteiger partial charge in [-0.25, -0.2) is 0 Å². The fourth-order valence-electron chi connectivity index (χ4n) is 1.37. The van der Waals surface area contributed by atoms with Crippen molar-refractivity contribution in [1.29, 1.82) is 0 Å². The number of nitrogens with one attached hydrogen (secondary N) is 2. The Kier molecular flexibility index (Phi) is 4.94. The van der Waals surface area contributed by atoms with Crippen LogP contribution in [0.5, 0.6) is 0 Å². The lowest BCUT2D eigenvalue weighted by molar-refractivity contribution is 0.502. The van der Waals surface area contributed by atoms with Gasteiger partial charge in [-0.15, -0.1) is 0 Å². The molecule has 6 heteroatoms. The number of rotatable bonds is 4. The molecule has 98 valence electrons. The molecule has 0 radical (unpaired) electrons. The highest BCUT2D eigenvalue weighted by atomic mass is 35.5. The van der Waals surface area contributed by atoms with E-state index in [0.29, 0.717) is 16.7 Å². The molecule has 19 heavy (non-hydrogen) atoms. The Bertz CT molecular complexity index is 569. The highest BCUT2D eigenvalue weighted by Gasteiger charge is 1.96. The highest BCUT2D eigenvalue weighted by molar-refractivity contribution is 7.80. The average molecular weight is 294 g/mol. The molecule has 2 rings (SSSR count). The smallest absolute Gasteiger partial charge is 0.187 e. The summed E-state index contributed by atoms with van der Waals surface area (Å²) in [5.41, 5.74) is 3.62. The molecule has 2 N–H and O–H groups in total. The monoisotopic (exact) mass is 293 g/mol. The molecule has 0 saturated carbocycles. The van der Waals surface area contributed by atoms with Crippen molar-refractivity contribution in [1.82, 2.24) is 10.7 Å². The average Bonchev–Trinajstić information content (AvgIpc) is 2.89. The molecule has 0 atom stereocenters. The maximum absolute atomic E-state index is 5.86. The summed E-state index contributed by atoms with van der Waals surface area (Å²) in [7, 11) is 0. The second-order valence-corrected chi connectivity index (χ2v) is 4.53. The predicted molar refractivity (Wildman–Crippen MR) is 80.3 cm³/mol. The number of hydrogen-bond acceptors (Lipinski definition) is 3. The molecule has 2 aromatic rings. The van der Waals surface area contributed by atoms with Crippen molar-refractivity contribution >= 4 is 35.1 Å². The van der Waals surface area contributed by atoms with Crippen molar-refractivity contribution in [3.05, 3.63) is 59.0 Å². The number of thiocarbonyl (C=S) groups is 1. The Morgan fingerprint density at radius 2 is 2.26 bits per heavy atom. The van der Waals surface area contributed by atoms with Crippen molar-refractivity contribution in [2.45, 2.75) is 6.54 Å². The molecule has 0 aliphatic carbocycles. The maximum atomic E-state index is 5.86. The third-order valence-electron chi connectivity index (χ3n) is 2.23. The van der Waals surface area contributed by atoms with Crippen LogP contribution in [-0.2, 0) is 6.54 Å². The van der Waals surface area contributed by atoms with Crippen LogP contribution in [0.1, 0.15) is 11.3 Å². The molecule has 0 unspecified atom stereocenters. The molecule has 4 nitrogen and oxygen atoms in total. The number of hydrogen-bond donors (Lipinski definition) is 2. The number of hydrazone groups is 1. The van der Waals surface area contributed by atoms with Crippen LogP contribution in [0.25, 0.3) is 0 Å². The van der Waals surface area contributed by atoms with E-state index < -0.39 is 0 Å². The van der Waals surface area contributed by atoms with Gasteiger partial charge < -0.3 is 9.73 Å². The van der Waals surface area contributed by atoms with E-state index in [9.17, 15) is 0 Å². The van der Waals surface area contributed by atoms with Crippen LogP contribution in [0.2, 0.25) is 5.02 Å². The second kappa shape index (κ2) is 6.92. The molecule has 1 heterocycles. The third-order valence-corrected chi connectivity index (χ3v) is 2.70. The van der Waals surface area contributed by atoms with Crippen LogP contribution in [0.4, 0.5) is 0 Å². The van der Waals surface area contributed by atoms with Crippen molar-refractivity contribution < 1.29 is 4.42 Å². The van der Waals surface area contributed by atoms with Gasteiger partial charge in [-0.1, -0.05) is 23.7 Å². The van der Waals surface area contributed by atoms with E-state index in [1.165, 1.54) is 0 Å². The van der Waals surface area contributed by atoms with E-state index in [1.54, 1.807) is 12.5 Å². The molecule has 0 aliphatic heterocycles. The van der Waals surface area contributed by atoms with Crippen molar-refractivity contribution in [2.24, 2.45) is 5.10 Å². The maximum Gasteiger partial charge on any atom is 0.187 e. The van der Waals surface area contributed by atoms with Crippen LogP contribution in [0, 0.1) is 0 Å². The Morgan fingerprint density at radius 1 is 1.37 bits per heavy atom. The number of furan rings is 1. The molecule has 0 bridgehead atoms. The zero-order valence-electron chi connectivity index (χ0n) is 9.97. The first-order chi connectivity index (χ1) is 9.24. The van der Waals surface area contributed by atoms with Gasteiger partial charge in [-0.2, -0.15) is 5.10 Å². The van der Waals surface area contributed by atoms with Gasteiger partial charge >= 0.3 is 0 Å². The minimum atomic E-state index is 0.426. The SMILES string of the molecule is S=C(NCc1ccco1)N/N=C/c1cccc(Cl)c1. The van der Waals surface area contributed by atoms with E-state index in [-0.39, 0.29) is 0 Å². The van der Waals surface area contributed by atoms with Crippen LogP contribution >= 0.6 is 23.8 Å². The second-order valence-electron chi connectivity index (χ2n) is 3.69. The first-order valence-electron chi connectivity index (χ1n) is 5.59. The highest BCUT2D eigenvalue weighted by Crippen LogP contribution is 2.08. The fraction of sp³-hybridized carbons (Fsp3) is 0.0769. The number of nitrogens with zero attached hydrogens (tertiary/aromatic N) is 1. The summed E-state index contributed by atoms with van der Waals surface area (Å²) < 4.78 is 5.17. The summed E-state index contributed by atoms with van der Waals surface area (Å²) in [5, 5.41) is 8.08. The van der Waals surface area contributed by atoms with E-state index >= 15 is 0 Å². The quantitative estimate of drug-likeness (QED) is 0.517. The summed E-state index contributed by atoms with van der Waals surface area (Å²) in [6, 6.07) is 11.1. The largest absolute Gasteiger partial charge is 0.467 e. The summed E-state index contributed by atoms with van der Waals surface area (Å²) in [6.45, 7) is 0.519. The van der Waals surface area contributed by atoms with Gasteiger partial charge in [0.05, 0.1) is 19.0 Å². The zero-order valence-corrected chi connectivity index (χ0v) is 11.5. The summed E-state index contributed by atoms with van der Waals surface area (Å²) in [5.74, 6) is 0.808.